The van der Waals surface area contributed by atoms with Gasteiger partial charge in [-0.3, -0.25) is 9.78 Å². The van der Waals surface area contributed by atoms with Crippen LogP contribution in [0.3, 0.4) is 0 Å². The first-order valence-corrected chi connectivity index (χ1v) is 14.5. The van der Waals surface area contributed by atoms with E-state index < -0.39 is 0 Å². The third kappa shape index (κ3) is 5.41. The molecule has 0 spiro atoms. The molecule has 4 heterocycles. The van der Waals surface area contributed by atoms with Crippen molar-refractivity contribution >= 4 is 22.9 Å². The Morgan fingerprint density at radius 3 is 2.39 bits per heavy atom. The zero-order valence-corrected chi connectivity index (χ0v) is 22.7. The Kier molecular flexibility index (Phi) is 7.08. The largest absolute Gasteiger partial charge is 0.393 e. The summed E-state index contributed by atoms with van der Waals surface area (Å²) >= 11 is 0. The van der Waals surface area contributed by atoms with Gasteiger partial charge < -0.3 is 19.9 Å². The molecular weight excluding hydrogens is 476 g/mol. The molecule has 8 nitrogen and oxygen atoms in total. The second kappa shape index (κ2) is 10.6. The molecule has 202 valence electrons. The average molecular weight is 517 g/mol. The van der Waals surface area contributed by atoms with Crippen molar-refractivity contribution in [1.29, 1.82) is 0 Å². The minimum Gasteiger partial charge on any atom is -0.393 e. The van der Waals surface area contributed by atoms with Gasteiger partial charge in [-0.15, -0.1) is 0 Å². The number of carbonyl (C=O) groups is 1. The monoisotopic (exact) mass is 516 g/mol. The molecule has 2 N–H and O–H groups in total. The molecule has 3 aromatic heterocycles. The number of pyridine rings is 1. The van der Waals surface area contributed by atoms with Crippen LogP contribution < -0.4 is 5.32 Å². The molecule has 0 aromatic carbocycles. The zero-order chi connectivity index (χ0) is 26.2. The maximum absolute atomic E-state index is 13.2. The van der Waals surface area contributed by atoms with Gasteiger partial charge in [-0.05, 0) is 88.3 Å². The van der Waals surface area contributed by atoms with E-state index in [1.165, 1.54) is 24.8 Å². The van der Waals surface area contributed by atoms with Gasteiger partial charge in [-0.1, -0.05) is 12.8 Å². The number of rotatable bonds is 7. The van der Waals surface area contributed by atoms with Crippen molar-refractivity contribution in [3.63, 3.8) is 0 Å². The quantitative estimate of drug-likeness (QED) is 0.451. The molecule has 1 aliphatic heterocycles. The van der Waals surface area contributed by atoms with Gasteiger partial charge in [0.2, 0.25) is 5.95 Å². The van der Waals surface area contributed by atoms with E-state index in [1.54, 1.807) is 0 Å². The normalized spacial score (nSPS) is 22.7. The number of aliphatic hydroxyl groups excluding tert-OH is 1. The van der Waals surface area contributed by atoms with E-state index in [-0.39, 0.29) is 12.0 Å². The molecule has 3 aromatic rings. The molecule has 38 heavy (non-hydrogen) atoms. The number of likely N-dealkylation sites (tertiary alicyclic amines) is 1. The van der Waals surface area contributed by atoms with Gasteiger partial charge in [-0.2, -0.15) is 4.98 Å². The lowest BCUT2D eigenvalue weighted by Crippen LogP contribution is -2.38. The summed E-state index contributed by atoms with van der Waals surface area (Å²) in [4.78, 5) is 29.3. The number of piperidine rings is 1. The van der Waals surface area contributed by atoms with Gasteiger partial charge in [0.15, 0.2) is 0 Å². The summed E-state index contributed by atoms with van der Waals surface area (Å²) in [6.45, 7) is 6.29. The number of fused-ring (bicyclic) bond motifs is 1. The van der Waals surface area contributed by atoms with Crippen molar-refractivity contribution in [2.24, 2.45) is 5.92 Å². The predicted molar refractivity (Wildman–Crippen MR) is 148 cm³/mol. The lowest BCUT2D eigenvalue weighted by molar-refractivity contribution is 0.0712. The maximum atomic E-state index is 13.2. The highest BCUT2D eigenvalue weighted by Crippen LogP contribution is 2.38. The second-order valence-corrected chi connectivity index (χ2v) is 11.7. The van der Waals surface area contributed by atoms with E-state index in [9.17, 15) is 9.90 Å². The molecule has 0 bridgehead atoms. The number of nitrogens with zero attached hydrogens (tertiary/aromatic N) is 5. The van der Waals surface area contributed by atoms with Gasteiger partial charge in [-0.25, -0.2) is 4.98 Å². The van der Waals surface area contributed by atoms with E-state index in [1.807, 2.05) is 37.1 Å². The van der Waals surface area contributed by atoms with Crippen LogP contribution in [0.15, 0.2) is 24.5 Å². The Bertz CT molecular complexity index is 1280. The predicted octanol–water partition coefficient (Wildman–Crippen LogP) is 5.15. The van der Waals surface area contributed by atoms with Crippen molar-refractivity contribution in [3.05, 3.63) is 47.0 Å². The highest BCUT2D eigenvalue weighted by molar-refractivity contribution is 5.94. The Balaban J connectivity index is 1.22. The highest BCUT2D eigenvalue weighted by atomic mass is 16.3. The smallest absolute Gasteiger partial charge is 0.253 e. The summed E-state index contributed by atoms with van der Waals surface area (Å²) < 4.78 is 2.37. The summed E-state index contributed by atoms with van der Waals surface area (Å²) in [6, 6.07) is 4.14. The highest BCUT2D eigenvalue weighted by Gasteiger charge is 2.30. The van der Waals surface area contributed by atoms with E-state index in [0.29, 0.717) is 17.9 Å². The Morgan fingerprint density at radius 1 is 1.00 bits per heavy atom. The van der Waals surface area contributed by atoms with Crippen molar-refractivity contribution in [3.8, 4) is 0 Å². The van der Waals surface area contributed by atoms with Crippen molar-refractivity contribution in [2.75, 3.05) is 25.0 Å². The second-order valence-electron chi connectivity index (χ2n) is 11.7. The fourth-order valence-corrected chi connectivity index (χ4v) is 6.41. The zero-order valence-electron chi connectivity index (χ0n) is 22.7. The van der Waals surface area contributed by atoms with Crippen LogP contribution >= 0.6 is 0 Å². The van der Waals surface area contributed by atoms with Gasteiger partial charge in [0.25, 0.3) is 5.91 Å². The van der Waals surface area contributed by atoms with Crippen LogP contribution in [0.4, 0.5) is 5.95 Å². The molecule has 0 unspecified atom stereocenters. The number of aliphatic hydroxyl groups is 1. The summed E-state index contributed by atoms with van der Waals surface area (Å²) in [6.07, 6.45) is 13.5. The minimum atomic E-state index is -0.184. The molecule has 6 rings (SSSR count). The summed E-state index contributed by atoms with van der Waals surface area (Å²) in [5.74, 6) is 2.06. The lowest BCUT2D eigenvalue weighted by Gasteiger charge is -2.32. The molecule has 3 fully saturated rings. The first-order chi connectivity index (χ1) is 18.4. The first-order valence-electron chi connectivity index (χ1n) is 14.5. The molecule has 1 saturated heterocycles. The first kappa shape index (κ1) is 25.3. The van der Waals surface area contributed by atoms with Gasteiger partial charge in [0.1, 0.15) is 5.65 Å². The minimum absolute atomic E-state index is 0.102. The van der Waals surface area contributed by atoms with Crippen molar-refractivity contribution < 1.29 is 9.90 Å². The van der Waals surface area contributed by atoms with Crippen LogP contribution in [0, 0.1) is 19.8 Å². The van der Waals surface area contributed by atoms with Gasteiger partial charge in [0.05, 0.1) is 6.10 Å². The van der Waals surface area contributed by atoms with Crippen molar-refractivity contribution in [2.45, 2.75) is 89.7 Å². The molecule has 2 aliphatic carbocycles. The molecule has 1 amide bonds. The number of hydrogen-bond acceptors (Lipinski definition) is 6. The molecular formula is C30H40N6O2. The third-order valence-electron chi connectivity index (χ3n) is 8.75. The Morgan fingerprint density at radius 2 is 1.71 bits per heavy atom. The fraction of sp³-hybridized carbons (Fsp3) is 0.600. The number of aromatic nitrogens is 4. The lowest BCUT2D eigenvalue weighted by atomic mass is 9.89. The fourth-order valence-electron chi connectivity index (χ4n) is 6.41. The number of nitrogens with one attached hydrogen (secondary N) is 1. The SMILES string of the molecule is Cc1cc(C(=O)N2CCC(c3cn(C4CCC(O)CC4)c4nc(NCCC5CC5)ncc34)CC2)cc(C)n1. The molecule has 2 saturated carbocycles. The molecule has 0 atom stereocenters. The maximum Gasteiger partial charge on any atom is 0.253 e. The van der Waals surface area contributed by atoms with Gasteiger partial charge >= 0.3 is 0 Å². The van der Waals surface area contributed by atoms with E-state index in [2.05, 4.69) is 21.1 Å². The van der Waals surface area contributed by atoms with Crippen LogP contribution in [0.2, 0.25) is 0 Å². The summed E-state index contributed by atoms with van der Waals surface area (Å²) in [7, 11) is 0. The molecule has 0 radical (unpaired) electrons. The standard InChI is InChI=1S/C30H40N6O2/c1-19-15-23(16-20(2)33-19)29(38)35-13-10-22(11-14-35)27-18-36(24-5-7-25(37)8-6-24)28-26(27)17-32-30(34-28)31-12-9-21-3-4-21/h15-18,21-22,24-25,37H,3-14H2,1-2H3,(H,31,32,34). The van der Waals surface area contributed by atoms with E-state index in [0.717, 1.165) is 92.1 Å². The van der Waals surface area contributed by atoms with E-state index >= 15 is 0 Å². The van der Waals surface area contributed by atoms with Crippen molar-refractivity contribution in [1.82, 2.24) is 24.4 Å². The third-order valence-corrected chi connectivity index (χ3v) is 8.75. The number of hydrogen-bond donors (Lipinski definition) is 2. The summed E-state index contributed by atoms with van der Waals surface area (Å²) in [5.41, 5.74) is 4.81. The van der Waals surface area contributed by atoms with Crippen LogP contribution in [-0.4, -0.2) is 61.2 Å². The topological polar surface area (TPSA) is 96.2 Å². The average Bonchev–Trinajstić information content (AvgIpc) is 3.67. The number of anilines is 1. The number of aryl methyl sites for hydroxylation is 2. The van der Waals surface area contributed by atoms with Gasteiger partial charge in [0, 0.05) is 60.4 Å². The van der Waals surface area contributed by atoms with Crippen LogP contribution in [0.5, 0.6) is 0 Å². The Labute approximate surface area is 224 Å². The molecule has 3 aliphatic rings. The van der Waals surface area contributed by atoms with Crippen LogP contribution in [-0.2, 0) is 0 Å². The number of amides is 1. The Hall–Kier alpha value is -3.00. The van der Waals surface area contributed by atoms with E-state index in [4.69, 9.17) is 9.97 Å². The number of carbonyl (C=O) groups excluding carboxylic acids is 1. The van der Waals surface area contributed by atoms with Crippen LogP contribution in [0.1, 0.15) is 97.1 Å². The van der Waals surface area contributed by atoms with Crippen LogP contribution in [0.25, 0.3) is 11.0 Å². The molecule has 8 heteroatoms. The summed E-state index contributed by atoms with van der Waals surface area (Å²) in [5, 5.41) is 14.7.